The fourth-order valence-corrected chi connectivity index (χ4v) is 5.65. The van der Waals surface area contributed by atoms with E-state index in [1.807, 2.05) is 6.07 Å². The molecule has 32 heavy (non-hydrogen) atoms. The highest BCUT2D eigenvalue weighted by Gasteiger charge is 2.48. The standard InChI is InChI=1S/C22H26ClN3O5S/c1-29-17-10-18(30-2)15(23)9-13(17)7-8-22(14-5-3-4-6-14)11-16(27)19(20(28)31-22)32-21-24-12-25-26-21/h9-10,12,14,27H,3-8,11H2,1-2H3,(H,24,25,26). The van der Waals surface area contributed by atoms with Crippen LogP contribution in [0.5, 0.6) is 11.5 Å². The summed E-state index contributed by atoms with van der Waals surface area (Å²) in [5, 5.41) is 18.3. The normalized spacial score (nSPS) is 21.7. The van der Waals surface area contributed by atoms with E-state index < -0.39 is 11.6 Å². The summed E-state index contributed by atoms with van der Waals surface area (Å²) in [6.07, 6.45) is 6.85. The molecule has 1 aromatic carbocycles. The summed E-state index contributed by atoms with van der Waals surface area (Å²) in [6.45, 7) is 0. The van der Waals surface area contributed by atoms with Crippen molar-refractivity contribution in [3.05, 3.63) is 39.7 Å². The summed E-state index contributed by atoms with van der Waals surface area (Å²) in [5.74, 6) is 0.897. The molecule has 0 amide bonds. The number of nitrogens with one attached hydrogen (secondary N) is 1. The molecule has 1 saturated carbocycles. The third-order valence-electron chi connectivity index (χ3n) is 6.27. The summed E-state index contributed by atoms with van der Waals surface area (Å²) in [7, 11) is 3.15. The smallest absolute Gasteiger partial charge is 0.349 e. The second kappa shape index (κ2) is 9.62. The number of hydrogen-bond acceptors (Lipinski definition) is 8. The minimum absolute atomic E-state index is 0.0364. The van der Waals surface area contributed by atoms with Crippen molar-refractivity contribution >= 4 is 29.3 Å². The van der Waals surface area contributed by atoms with E-state index in [1.165, 1.54) is 6.33 Å². The zero-order chi connectivity index (χ0) is 22.7. The van der Waals surface area contributed by atoms with E-state index in [9.17, 15) is 9.90 Å². The van der Waals surface area contributed by atoms with E-state index >= 15 is 0 Å². The van der Waals surface area contributed by atoms with Crippen LogP contribution in [-0.4, -0.2) is 46.1 Å². The molecule has 1 aliphatic carbocycles. The maximum Gasteiger partial charge on any atom is 0.349 e. The van der Waals surface area contributed by atoms with Gasteiger partial charge in [-0.25, -0.2) is 9.78 Å². The van der Waals surface area contributed by atoms with Gasteiger partial charge in [0.15, 0.2) is 5.16 Å². The Morgan fingerprint density at radius 3 is 2.66 bits per heavy atom. The summed E-state index contributed by atoms with van der Waals surface area (Å²) >= 11 is 7.38. The number of halogens is 1. The van der Waals surface area contributed by atoms with Crippen LogP contribution in [0.25, 0.3) is 0 Å². The lowest BCUT2D eigenvalue weighted by atomic mass is 9.77. The Morgan fingerprint density at radius 1 is 1.28 bits per heavy atom. The number of aliphatic hydroxyl groups excluding tert-OH is 1. The minimum atomic E-state index is -0.777. The third-order valence-corrected chi connectivity index (χ3v) is 7.57. The topological polar surface area (TPSA) is 107 Å². The van der Waals surface area contributed by atoms with Gasteiger partial charge in [-0.2, -0.15) is 5.10 Å². The summed E-state index contributed by atoms with van der Waals surface area (Å²) < 4.78 is 16.9. The molecule has 1 atom stereocenters. The molecular formula is C22H26ClN3O5S. The molecule has 4 rings (SSSR count). The third kappa shape index (κ3) is 4.54. The number of aliphatic hydroxyl groups is 1. The van der Waals surface area contributed by atoms with Gasteiger partial charge in [0.2, 0.25) is 0 Å². The first kappa shape index (κ1) is 22.8. The lowest BCUT2D eigenvalue weighted by Gasteiger charge is -2.41. The Bertz CT molecular complexity index is 1010. The number of aryl methyl sites for hydroxylation is 1. The molecule has 2 aromatic rings. The van der Waals surface area contributed by atoms with E-state index in [1.54, 1.807) is 20.3 Å². The number of ether oxygens (including phenoxy) is 3. The molecule has 0 radical (unpaired) electrons. The molecule has 2 heterocycles. The van der Waals surface area contributed by atoms with Gasteiger partial charge in [-0.1, -0.05) is 24.4 Å². The number of methoxy groups -OCH3 is 2. The largest absolute Gasteiger partial charge is 0.511 e. The van der Waals surface area contributed by atoms with Gasteiger partial charge in [0.1, 0.15) is 34.1 Å². The van der Waals surface area contributed by atoms with Crippen LogP contribution in [0.3, 0.4) is 0 Å². The predicted octanol–water partition coefficient (Wildman–Crippen LogP) is 4.85. The molecule has 0 bridgehead atoms. The number of aromatic amines is 1. The van der Waals surface area contributed by atoms with Gasteiger partial charge in [0.25, 0.3) is 0 Å². The molecule has 1 unspecified atom stereocenters. The predicted molar refractivity (Wildman–Crippen MR) is 120 cm³/mol. The molecule has 10 heteroatoms. The Morgan fingerprint density at radius 2 is 2.03 bits per heavy atom. The lowest BCUT2D eigenvalue weighted by Crippen LogP contribution is -2.45. The van der Waals surface area contributed by atoms with Crippen LogP contribution >= 0.6 is 23.4 Å². The Kier molecular flexibility index (Phi) is 6.85. The molecule has 1 aromatic heterocycles. The number of nitrogens with zero attached hydrogens (tertiary/aromatic N) is 2. The summed E-state index contributed by atoms with van der Waals surface area (Å²) in [5.41, 5.74) is 0.123. The summed E-state index contributed by atoms with van der Waals surface area (Å²) in [6, 6.07) is 3.59. The van der Waals surface area contributed by atoms with Crippen molar-refractivity contribution in [3.8, 4) is 11.5 Å². The molecule has 2 aliphatic rings. The zero-order valence-electron chi connectivity index (χ0n) is 18.0. The number of H-pyrrole nitrogens is 1. The van der Waals surface area contributed by atoms with Crippen LogP contribution in [0.15, 0.2) is 34.3 Å². The first-order valence-corrected chi connectivity index (χ1v) is 11.7. The SMILES string of the molecule is COc1cc(OC)c(CCC2(C3CCCC3)CC(O)=C(Sc3ncn[nH]3)C(=O)O2)cc1Cl. The van der Waals surface area contributed by atoms with E-state index in [2.05, 4.69) is 15.2 Å². The lowest BCUT2D eigenvalue weighted by molar-refractivity contribution is -0.166. The van der Waals surface area contributed by atoms with Crippen LogP contribution in [-0.2, 0) is 16.0 Å². The highest BCUT2D eigenvalue weighted by molar-refractivity contribution is 8.03. The molecule has 1 fully saturated rings. The Hall–Kier alpha value is -2.39. The quantitative estimate of drug-likeness (QED) is 0.517. The van der Waals surface area contributed by atoms with Crippen molar-refractivity contribution in [2.24, 2.45) is 5.92 Å². The van der Waals surface area contributed by atoms with Gasteiger partial charge in [-0.15, -0.1) is 0 Å². The molecule has 1 aliphatic heterocycles. The second-order valence-corrected chi connectivity index (χ2v) is 9.49. The van der Waals surface area contributed by atoms with Gasteiger partial charge in [-0.05, 0) is 55.0 Å². The van der Waals surface area contributed by atoms with Crippen molar-refractivity contribution in [1.29, 1.82) is 0 Å². The maximum atomic E-state index is 13.0. The Labute approximate surface area is 195 Å². The highest BCUT2D eigenvalue weighted by atomic mass is 35.5. The zero-order valence-corrected chi connectivity index (χ0v) is 19.6. The van der Waals surface area contributed by atoms with Crippen LogP contribution in [0, 0.1) is 5.92 Å². The fourth-order valence-electron chi connectivity index (χ4n) is 4.68. The molecule has 0 spiro atoms. The van der Waals surface area contributed by atoms with E-state index in [0.717, 1.165) is 43.0 Å². The minimum Gasteiger partial charge on any atom is -0.511 e. The molecule has 8 nitrogen and oxygen atoms in total. The van der Waals surface area contributed by atoms with Crippen molar-refractivity contribution in [3.63, 3.8) is 0 Å². The molecular weight excluding hydrogens is 454 g/mol. The number of rotatable bonds is 8. The van der Waals surface area contributed by atoms with Gasteiger partial charge in [-0.3, -0.25) is 5.10 Å². The average molecular weight is 480 g/mol. The van der Waals surface area contributed by atoms with Crippen molar-refractivity contribution in [2.45, 2.75) is 55.7 Å². The maximum absolute atomic E-state index is 13.0. The van der Waals surface area contributed by atoms with Gasteiger partial charge in [0, 0.05) is 12.5 Å². The number of carbonyl (C=O) groups is 1. The van der Waals surface area contributed by atoms with Gasteiger partial charge >= 0.3 is 5.97 Å². The van der Waals surface area contributed by atoms with Gasteiger partial charge < -0.3 is 19.3 Å². The monoisotopic (exact) mass is 479 g/mol. The average Bonchev–Trinajstić information content (AvgIpc) is 3.49. The summed E-state index contributed by atoms with van der Waals surface area (Å²) in [4.78, 5) is 17.2. The first-order valence-electron chi connectivity index (χ1n) is 10.5. The van der Waals surface area contributed by atoms with Crippen LogP contribution in [0.1, 0.15) is 44.1 Å². The number of aromatic nitrogens is 3. The number of carbonyl (C=O) groups excluding carboxylic acids is 1. The van der Waals surface area contributed by atoms with E-state index in [4.69, 9.17) is 25.8 Å². The number of thioether (sulfide) groups is 1. The first-order chi connectivity index (χ1) is 15.5. The number of hydrogen-bond donors (Lipinski definition) is 2. The Balaban J connectivity index is 1.61. The second-order valence-electron chi connectivity index (χ2n) is 8.08. The molecule has 0 saturated heterocycles. The number of benzene rings is 1. The van der Waals surface area contributed by atoms with Gasteiger partial charge in [0.05, 0.1) is 19.2 Å². The molecule has 172 valence electrons. The highest BCUT2D eigenvalue weighted by Crippen LogP contribution is 2.48. The van der Waals surface area contributed by atoms with Crippen molar-refractivity contribution in [1.82, 2.24) is 15.2 Å². The van der Waals surface area contributed by atoms with Crippen LogP contribution in [0.4, 0.5) is 0 Å². The van der Waals surface area contributed by atoms with E-state index in [-0.39, 0.29) is 23.0 Å². The van der Waals surface area contributed by atoms with Crippen molar-refractivity contribution in [2.75, 3.05) is 14.2 Å². The van der Waals surface area contributed by atoms with Crippen molar-refractivity contribution < 1.29 is 24.1 Å². The van der Waals surface area contributed by atoms with Crippen LogP contribution in [0.2, 0.25) is 5.02 Å². The van der Waals surface area contributed by atoms with Crippen LogP contribution < -0.4 is 9.47 Å². The van der Waals surface area contributed by atoms with E-state index in [0.29, 0.717) is 34.5 Å². The number of esters is 1. The number of cyclic esters (lactones) is 1. The fraction of sp³-hybridized carbons (Fsp3) is 0.500. The molecule has 2 N–H and O–H groups in total.